The molecule has 0 saturated carbocycles. The van der Waals surface area contributed by atoms with Crippen LogP contribution in [0.25, 0.3) is 0 Å². The van der Waals surface area contributed by atoms with E-state index in [-0.39, 0.29) is 41.6 Å². The lowest BCUT2D eigenvalue weighted by Gasteiger charge is -2.17. The largest absolute Gasteiger partial charge is 0.434 e. The number of para-hydroxylation sites is 1. The second kappa shape index (κ2) is 8.81. The molecule has 3 amide bonds. The minimum Gasteiger partial charge on any atom is -0.434 e. The number of alkyl halides is 2. The van der Waals surface area contributed by atoms with Crippen molar-refractivity contribution in [3.63, 3.8) is 0 Å². The van der Waals surface area contributed by atoms with Crippen LogP contribution in [0.4, 0.5) is 8.78 Å². The highest BCUT2D eigenvalue weighted by atomic mass is 19.3. The smallest absolute Gasteiger partial charge is 0.387 e. The molecule has 2 aromatic carbocycles. The molecular formula is C22H20F2N2O5. The Labute approximate surface area is 176 Å². The lowest BCUT2D eigenvalue weighted by molar-refractivity contribution is -0.0504. The van der Waals surface area contributed by atoms with Gasteiger partial charge in [-0.3, -0.25) is 19.3 Å². The highest BCUT2D eigenvalue weighted by molar-refractivity contribution is 6.22. The minimum atomic E-state index is -2.98. The first kappa shape index (κ1) is 20.9. The monoisotopic (exact) mass is 430 g/mol. The number of rotatable bonds is 7. The van der Waals surface area contributed by atoms with Crippen molar-refractivity contribution in [3.8, 4) is 5.75 Å². The van der Waals surface area contributed by atoms with Crippen molar-refractivity contribution >= 4 is 17.7 Å². The molecule has 0 aromatic heterocycles. The maximum Gasteiger partial charge on any atom is 0.387 e. The van der Waals surface area contributed by atoms with E-state index >= 15 is 0 Å². The predicted octanol–water partition coefficient (Wildman–Crippen LogP) is 2.99. The Morgan fingerprint density at radius 1 is 1.16 bits per heavy atom. The average Bonchev–Trinajstić information content (AvgIpc) is 3.35. The first-order chi connectivity index (χ1) is 14.9. The molecule has 2 aromatic rings. The zero-order chi connectivity index (χ0) is 22.0. The third kappa shape index (κ3) is 4.41. The van der Waals surface area contributed by atoms with Gasteiger partial charge in [-0.1, -0.05) is 18.2 Å². The molecule has 1 N–H and O–H groups in total. The normalized spacial score (nSPS) is 17.9. The molecule has 9 heteroatoms. The van der Waals surface area contributed by atoms with Gasteiger partial charge in [0.15, 0.2) is 0 Å². The highest BCUT2D eigenvalue weighted by Crippen LogP contribution is 2.26. The van der Waals surface area contributed by atoms with E-state index in [1.54, 1.807) is 18.2 Å². The molecule has 0 radical (unpaired) electrons. The number of ether oxygens (including phenoxy) is 2. The topological polar surface area (TPSA) is 84.9 Å². The van der Waals surface area contributed by atoms with Crippen molar-refractivity contribution in [1.82, 2.24) is 10.2 Å². The molecule has 0 aliphatic carbocycles. The van der Waals surface area contributed by atoms with Crippen LogP contribution < -0.4 is 10.1 Å². The molecule has 2 heterocycles. The Bertz CT molecular complexity index is 1020. The van der Waals surface area contributed by atoms with E-state index in [2.05, 4.69) is 10.1 Å². The maximum atomic E-state index is 12.7. The lowest BCUT2D eigenvalue weighted by atomic mass is 10.1. The van der Waals surface area contributed by atoms with Crippen LogP contribution in [0.15, 0.2) is 42.5 Å². The van der Waals surface area contributed by atoms with Crippen LogP contribution in [0, 0.1) is 0 Å². The van der Waals surface area contributed by atoms with Crippen LogP contribution in [-0.4, -0.2) is 48.5 Å². The van der Waals surface area contributed by atoms with Crippen molar-refractivity contribution in [2.75, 3.05) is 13.2 Å². The maximum absolute atomic E-state index is 12.7. The van der Waals surface area contributed by atoms with E-state index in [1.165, 1.54) is 24.3 Å². The highest BCUT2D eigenvalue weighted by Gasteiger charge is 2.37. The second-order valence-electron chi connectivity index (χ2n) is 7.29. The van der Waals surface area contributed by atoms with E-state index in [1.807, 2.05) is 0 Å². The average molecular weight is 430 g/mol. The molecular weight excluding hydrogens is 410 g/mol. The Kier molecular flexibility index (Phi) is 5.94. The quantitative estimate of drug-likeness (QED) is 0.683. The number of fused-ring (bicyclic) bond motifs is 1. The van der Waals surface area contributed by atoms with Gasteiger partial charge in [-0.2, -0.15) is 8.78 Å². The van der Waals surface area contributed by atoms with Gasteiger partial charge in [-0.25, -0.2) is 0 Å². The summed E-state index contributed by atoms with van der Waals surface area (Å²) in [6.07, 6.45) is 1.52. The van der Waals surface area contributed by atoms with Crippen LogP contribution in [0.5, 0.6) is 5.75 Å². The summed E-state index contributed by atoms with van der Waals surface area (Å²) in [7, 11) is 0. The molecule has 1 saturated heterocycles. The fourth-order valence-corrected chi connectivity index (χ4v) is 3.73. The van der Waals surface area contributed by atoms with E-state index in [9.17, 15) is 23.2 Å². The van der Waals surface area contributed by atoms with Crippen LogP contribution in [0.2, 0.25) is 0 Å². The van der Waals surface area contributed by atoms with Crippen molar-refractivity contribution in [2.24, 2.45) is 0 Å². The Morgan fingerprint density at radius 3 is 2.68 bits per heavy atom. The molecule has 1 atom stereocenters. The summed E-state index contributed by atoms with van der Waals surface area (Å²) in [6.45, 7) is -2.22. The van der Waals surface area contributed by atoms with Gasteiger partial charge in [-0.05, 0) is 37.1 Å². The summed E-state index contributed by atoms with van der Waals surface area (Å²) in [5, 5.41) is 2.62. The van der Waals surface area contributed by atoms with Crippen molar-refractivity contribution in [3.05, 3.63) is 64.7 Å². The van der Waals surface area contributed by atoms with Gasteiger partial charge in [0.2, 0.25) is 0 Å². The van der Waals surface area contributed by atoms with Gasteiger partial charge in [0, 0.05) is 24.3 Å². The van der Waals surface area contributed by atoms with E-state index < -0.39 is 24.3 Å². The number of carbonyl (C=O) groups is 3. The van der Waals surface area contributed by atoms with Crippen molar-refractivity contribution in [1.29, 1.82) is 0 Å². The fourth-order valence-electron chi connectivity index (χ4n) is 3.73. The third-order valence-corrected chi connectivity index (χ3v) is 5.27. The van der Waals surface area contributed by atoms with E-state index in [0.29, 0.717) is 12.2 Å². The van der Waals surface area contributed by atoms with E-state index in [0.717, 1.165) is 17.7 Å². The first-order valence-corrected chi connectivity index (χ1v) is 9.87. The number of imide groups is 1. The third-order valence-electron chi connectivity index (χ3n) is 5.27. The fraction of sp³-hybridized carbons (Fsp3) is 0.318. The number of hydrogen-bond acceptors (Lipinski definition) is 5. The summed E-state index contributed by atoms with van der Waals surface area (Å²) in [5.41, 5.74) is 0.977. The van der Waals surface area contributed by atoms with E-state index in [4.69, 9.17) is 4.74 Å². The summed E-state index contributed by atoms with van der Waals surface area (Å²) in [5.74, 6) is -1.40. The molecule has 162 valence electrons. The molecule has 2 aliphatic rings. The first-order valence-electron chi connectivity index (χ1n) is 9.87. The van der Waals surface area contributed by atoms with Gasteiger partial charge in [0.1, 0.15) is 5.75 Å². The van der Waals surface area contributed by atoms with Gasteiger partial charge in [0.05, 0.1) is 23.8 Å². The number of nitrogens with zero attached hydrogens (tertiary/aromatic N) is 1. The zero-order valence-electron chi connectivity index (χ0n) is 16.5. The molecule has 2 aliphatic heterocycles. The SMILES string of the molecule is O=C(NCc1ccccc1OC(F)F)c1ccc2c(c1)C(=O)N(CC1CCCO1)C2=O. The number of benzene rings is 2. The predicted molar refractivity (Wildman–Crippen MR) is 105 cm³/mol. The summed E-state index contributed by atoms with van der Waals surface area (Å²) >= 11 is 0. The molecule has 1 fully saturated rings. The lowest BCUT2D eigenvalue weighted by Crippen LogP contribution is -2.36. The van der Waals surface area contributed by atoms with Crippen LogP contribution in [0.1, 0.15) is 49.5 Å². The molecule has 1 unspecified atom stereocenters. The summed E-state index contributed by atoms with van der Waals surface area (Å²) in [6, 6.07) is 10.4. The minimum absolute atomic E-state index is 0.0303. The molecule has 31 heavy (non-hydrogen) atoms. The van der Waals surface area contributed by atoms with Gasteiger partial charge < -0.3 is 14.8 Å². The van der Waals surface area contributed by atoms with Crippen LogP contribution in [-0.2, 0) is 11.3 Å². The van der Waals surface area contributed by atoms with Crippen LogP contribution >= 0.6 is 0 Å². The van der Waals surface area contributed by atoms with Gasteiger partial charge in [0.25, 0.3) is 17.7 Å². The van der Waals surface area contributed by atoms with Crippen molar-refractivity contribution in [2.45, 2.75) is 32.1 Å². The number of halogens is 2. The Balaban J connectivity index is 1.45. The second-order valence-corrected chi connectivity index (χ2v) is 7.29. The number of amides is 3. The molecule has 0 spiro atoms. The van der Waals surface area contributed by atoms with Gasteiger partial charge >= 0.3 is 6.61 Å². The van der Waals surface area contributed by atoms with Gasteiger partial charge in [-0.15, -0.1) is 0 Å². The molecule has 0 bridgehead atoms. The summed E-state index contributed by atoms with van der Waals surface area (Å²) < 4.78 is 35.0. The number of hydrogen-bond donors (Lipinski definition) is 1. The standard InChI is InChI=1S/C22H20F2N2O5/c23-22(24)31-18-6-2-1-4-14(18)11-25-19(27)13-7-8-16-17(10-13)21(29)26(20(16)28)12-15-5-3-9-30-15/h1-2,4,6-8,10,15,22H,3,5,9,11-12H2,(H,25,27). The Morgan fingerprint density at radius 2 is 1.94 bits per heavy atom. The van der Waals surface area contributed by atoms with Crippen LogP contribution in [0.3, 0.4) is 0 Å². The number of carbonyl (C=O) groups excluding carboxylic acids is 3. The van der Waals surface area contributed by atoms with Crippen molar-refractivity contribution < 1.29 is 32.6 Å². The number of nitrogens with one attached hydrogen (secondary N) is 1. The molecule has 4 rings (SSSR count). The zero-order valence-corrected chi connectivity index (χ0v) is 16.5. The Hall–Kier alpha value is -3.33. The molecule has 7 nitrogen and oxygen atoms in total. The summed E-state index contributed by atoms with van der Waals surface area (Å²) in [4.78, 5) is 39.0.